The minimum absolute atomic E-state index is 0.438. The van der Waals surface area contributed by atoms with E-state index in [2.05, 4.69) is 15.9 Å². The number of carbonyl (C=O) groups excluding carboxylic acids is 1. The molecule has 0 radical (unpaired) electrons. The van der Waals surface area contributed by atoms with Crippen LogP contribution in [0.1, 0.15) is 27.7 Å². The number of rotatable bonds is 2. The normalized spacial score (nSPS) is 43.0. The van der Waals surface area contributed by atoms with E-state index in [1.807, 2.05) is 0 Å². The number of ketones is 1. The van der Waals surface area contributed by atoms with Crippen LogP contribution in [0.5, 0.6) is 0 Å². The molecule has 0 unspecified atom stereocenters. The average Bonchev–Trinajstić information content (AvgIpc) is 2.90. The zero-order valence-electron chi connectivity index (χ0n) is 12.7. The number of Topliss-reactive ketones (excluding diaryl/α,β-unsaturated/α-hetero) is 1. The first-order valence-electron chi connectivity index (χ1n) is 7.08. The van der Waals surface area contributed by atoms with Crippen molar-refractivity contribution >= 4 is 21.7 Å². The molecule has 6 atom stereocenters. The van der Waals surface area contributed by atoms with E-state index in [-0.39, 0.29) is 0 Å². The van der Waals surface area contributed by atoms with Gasteiger partial charge in [-0.3, -0.25) is 4.79 Å². The van der Waals surface area contributed by atoms with Crippen molar-refractivity contribution in [3.05, 3.63) is 0 Å². The fourth-order valence-corrected chi connectivity index (χ4v) is 3.62. The molecule has 3 aliphatic rings. The summed E-state index contributed by atoms with van der Waals surface area (Å²) in [6, 6.07) is 1.60. The van der Waals surface area contributed by atoms with Gasteiger partial charge in [0.25, 0.3) is 0 Å². The summed E-state index contributed by atoms with van der Waals surface area (Å²) in [5.41, 5.74) is 0. The lowest BCUT2D eigenvalue weighted by molar-refractivity contribution is -0.232. The molecule has 3 fully saturated rings. The van der Waals surface area contributed by atoms with Gasteiger partial charge < -0.3 is 23.7 Å². The second-order valence-electron chi connectivity index (χ2n) is 6.51. The number of hydrogen-bond acceptors (Lipinski definition) is 7. The van der Waals surface area contributed by atoms with E-state index in [0.717, 1.165) is 0 Å². The number of carbonyl (C=O) groups is 1. The number of fused-ring (bicyclic) bond motifs is 3. The standard InChI is InChI=1S/C14H18BrNO6/c1-13(2)19-9-8(7(15)6(17)5-16)18-12-11(10(9)20-13)21-14(3,4)22-12/h7-12H,1-4H3/t7-,8+,9+,10-,11-,12+/m0/s1. The molecule has 3 heterocycles. The molecule has 3 rings (SSSR count). The van der Waals surface area contributed by atoms with Crippen LogP contribution in [0.25, 0.3) is 0 Å². The maximum atomic E-state index is 11.7. The Morgan fingerprint density at radius 2 is 1.59 bits per heavy atom. The maximum absolute atomic E-state index is 11.7. The first-order chi connectivity index (χ1) is 10.1. The lowest BCUT2D eigenvalue weighted by atomic mass is 9.96. The number of ether oxygens (including phenoxy) is 5. The van der Waals surface area contributed by atoms with Crippen molar-refractivity contribution in [3.63, 3.8) is 0 Å². The summed E-state index contributed by atoms with van der Waals surface area (Å²) >= 11 is 3.24. The molecule has 0 aliphatic carbocycles. The highest BCUT2D eigenvalue weighted by Gasteiger charge is 2.62. The fraction of sp³-hybridized carbons (Fsp3) is 0.857. The summed E-state index contributed by atoms with van der Waals surface area (Å²) in [4.78, 5) is 10.9. The summed E-state index contributed by atoms with van der Waals surface area (Å²) < 4.78 is 29.3. The summed E-state index contributed by atoms with van der Waals surface area (Å²) in [5, 5.41) is 8.84. The van der Waals surface area contributed by atoms with E-state index >= 15 is 0 Å². The highest BCUT2D eigenvalue weighted by atomic mass is 79.9. The zero-order chi connectivity index (χ0) is 16.3. The van der Waals surface area contributed by atoms with E-state index < -0.39 is 52.9 Å². The van der Waals surface area contributed by atoms with Gasteiger partial charge in [0.15, 0.2) is 17.9 Å². The Balaban J connectivity index is 1.90. The first kappa shape index (κ1) is 16.3. The molecule has 0 N–H and O–H groups in total. The van der Waals surface area contributed by atoms with Crippen molar-refractivity contribution in [2.75, 3.05) is 0 Å². The summed E-state index contributed by atoms with van der Waals surface area (Å²) in [6.45, 7) is 7.14. The van der Waals surface area contributed by atoms with E-state index in [4.69, 9.17) is 28.9 Å². The predicted octanol–water partition coefficient (Wildman–Crippen LogP) is 1.24. The third-order valence-electron chi connectivity index (χ3n) is 3.84. The molecule has 0 aromatic heterocycles. The van der Waals surface area contributed by atoms with Gasteiger partial charge in [0.1, 0.15) is 35.3 Å². The van der Waals surface area contributed by atoms with Crippen LogP contribution in [0.15, 0.2) is 0 Å². The highest BCUT2D eigenvalue weighted by molar-refractivity contribution is 9.10. The van der Waals surface area contributed by atoms with Gasteiger partial charge >= 0.3 is 0 Å². The summed E-state index contributed by atoms with van der Waals surface area (Å²) in [6.07, 6.45) is -2.79. The molecule has 8 heteroatoms. The summed E-state index contributed by atoms with van der Waals surface area (Å²) in [7, 11) is 0. The Bertz CT molecular complexity index is 530. The van der Waals surface area contributed by atoms with Crippen molar-refractivity contribution in [1.29, 1.82) is 5.26 Å². The Labute approximate surface area is 136 Å². The monoisotopic (exact) mass is 375 g/mol. The van der Waals surface area contributed by atoms with Crippen molar-refractivity contribution < 1.29 is 28.5 Å². The van der Waals surface area contributed by atoms with Crippen molar-refractivity contribution in [3.8, 4) is 6.07 Å². The Morgan fingerprint density at radius 3 is 2.23 bits per heavy atom. The zero-order valence-corrected chi connectivity index (χ0v) is 14.3. The third kappa shape index (κ3) is 2.70. The number of alkyl halides is 1. The molecule has 3 saturated heterocycles. The summed E-state index contributed by atoms with van der Waals surface area (Å²) in [5.74, 6) is -2.27. The van der Waals surface area contributed by atoms with Gasteiger partial charge in [0, 0.05) is 0 Å². The van der Waals surface area contributed by atoms with Crippen molar-refractivity contribution in [2.45, 2.75) is 74.8 Å². The fourth-order valence-electron chi connectivity index (χ4n) is 3.09. The Morgan fingerprint density at radius 1 is 1.05 bits per heavy atom. The molecule has 0 aromatic rings. The molecule has 22 heavy (non-hydrogen) atoms. The largest absolute Gasteiger partial charge is 0.342 e. The second-order valence-corrected chi connectivity index (χ2v) is 7.50. The van der Waals surface area contributed by atoms with Gasteiger partial charge in [0.2, 0.25) is 5.78 Å². The number of nitriles is 1. The Hall–Kier alpha value is -0.560. The average molecular weight is 376 g/mol. The van der Waals surface area contributed by atoms with Crippen LogP contribution in [0.4, 0.5) is 0 Å². The van der Waals surface area contributed by atoms with E-state index in [9.17, 15) is 4.79 Å². The second kappa shape index (κ2) is 5.23. The van der Waals surface area contributed by atoms with Gasteiger partial charge in [-0.25, -0.2) is 0 Å². The molecule has 3 aliphatic heterocycles. The SMILES string of the molecule is CC1(C)O[C@H]2[C@H](O1)[C@@H]([C@@H](Br)C(=O)C#N)O[C@@H]1OC(C)(C)O[C@H]12. The lowest BCUT2D eigenvalue weighted by Crippen LogP contribution is -2.58. The predicted molar refractivity (Wildman–Crippen MR) is 75.9 cm³/mol. The van der Waals surface area contributed by atoms with Crippen LogP contribution in [-0.4, -0.2) is 52.9 Å². The molecule has 0 bridgehead atoms. The van der Waals surface area contributed by atoms with Gasteiger partial charge in [-0.05, 0) is 27.7 Å². The quantitative estimate of drug-likeness (QED) is 0.529. The van der Waals surface area contributed by atoms with Crippen molar-refractivity contribution in [2.24, 2.45) is 0 Å². The van der Waals surface area contributed by atoms with Gasteiger partial charge in [-0.2, -0.15) is 5.26 Å². The van der Waals surface area contributed by atoms with E-state index in [1.54, 1.807) is 33.8 Å². The molecular weight excluding hydrogens is 358 g/mol. The van der Waals surface area contributed by atoms with Crippen LogP contribution in [0, 0.1) is 11.3 Å². The Kier molecular flexibility index (Phi) is 3.87. The van der Waals surface area contributed by atoms with E-state index in [0.29, 0.717) is 0 Å². The topological polar surface area (TPSA) is 87.0 Å². The molecular formula is C14H18BrNO6. The maximum Gasteiger partial charge on any atom is 0.248 e. The van der Waals surface area contributed by atoms with Crippen molar-refractivity contribution in [1.82, 2.24) is 0 Å². The molecule has 0 aromatic carbocycles. The smallest absolute Gasteiger partial charge is 0.248 e. The molecule has 7 nitrogen and oxygen atoms in total. The van der Waals surface area contributed by atoms with Crippen LogP contribution < -0.4 is 0 Å². The minimum atomic E-state index is -0.829. The van der Waals surface area contributed by atoms with Gasteiger partial charge in [-0.15, -0.1) is 0 Å². The molecule has 122 valence electrons. The van der Waals surface area contributed by atoms with Crippen LogP contribution in [-0.2, 0) is 28.5 Å². The minimum Gasteiger partial charge on any atom is -0.342 e. The molecule has 0 amide bonds. The number of hydrogen-bond donors (Lipinski definition) is 0. The van der Waals surface area contributed by atoms with Gasteiger partial charge in [-0.1, -0.05) is 15.9 Å². The van der Waals surface area contributed by atoms with E-state index in [1.165, 1.54) is 0 Å². The van der Waals surface area contributed by atoms with Gasteiger partial charge in [0.05, 0.1) is 0 Å². The number of halogens is 1. The first-order valence-corrected chi connectivity index (χ1v) is 8.00. The van der Waals surface area contributed by atoms with Crippen LogP contribution in [0.2, 0.25) is 0 Å². The molecule has 0 saturated carbocycles. The van der Waals surface area contributed by atoms with Crippen LogP contribution in [0.3, 0.4) is 0 Å². The third-order valence-corrected chi connectivity index (χ3v) is 4.78. The number of nitrogens with zero attached hydrogens (tertiary/aromatic N) is 1. The molecule has 0 spiro atoms. The lowest BCUT2D eigenvalue weighted by Gasteiger charge is -2.38. The highest BCUT2D eigenvalue weighted by Crippen LogP contribution is 2.45. The van der Waals surface area contributed by atoms with Crippen LogP contribution >= 0.6 is 15.9 Å².